The van der Waals surface area contributed by atoms with E-state index in [2.05, 4.69) is 31.7 Å². The van der Waals surface area contributed by atoms with E-state index in [-0.39, 0.29) is 0 Å². The molecule has 2 aromatic rings. The Hall–Kier alpha value is -1.49. The molecular weight excluding hydrogens is 220 g/mol. The van der Waals surface area contributed by atoms with E-state index in [9.17, 15) is 0 Å². The number of hydrogen-bond acceptors (Lipinski definition) is 3. The number of H-pyrrole nitrogens is 1. The van der Waals surface area contributed by atoms with Gasteiger partial charge in [0, 0.05) is 0 Å². The molecule has 0 saturated heterocycles. The Balaban J connectivity index is 2.17. The third-order valence-corrected chi connectivity index (χ3v) is 3.26. The summed E-state index contributed by atoms with van der Waals surface area (Å²) in [6.07, 6.45) is 11.5. The van der Waals surface area contributed by atoms with Crippen LogP contribution in [-0.2, 0) is 0 Å². The minimum absolute atomic E-state index is 0.395. The highest BCUT2D eigenvalue weighted by atomic mass is 32.1. The zero-order valence-corrected chi connectivity index (χ0v) is 9.57. The molecule has 1 aliphatic rings. The normalized spacial score (nSPS) is 20.4. The maximum Gasteiger partial charge on any atom is 0.157 e. The van der Waals surface area contributed by atoms with Crippen LogP contribution in [-0.4, -0.2) is 19.5 Å². The number of fused-ring (bicyclic) bond motifs is 1. The van der Waals surface area contributed by atoms with Gasteiger partial charge in [0.1, 0.15) is 11.2 Å². The summed E-state index contributed by atoms with van der Waals surface area (Å²) >= 11 is 5.14. The van der Waals surface area contributed by atoms with Gasteiger partial charge in [0.05, 0.1) is 18.7 Å². The van der Waals surface area contributed by atoms with Gasteiger partial charge >= 0.3 is 0 Å². The summed E-state index contributed by atoms with van der Waals surface area (Å²) in [5.41, 5.74) is 1.76. The first-order chi connectivity index (χ1) is 7.86. The number of allylic oxidation sites excluding steroid dienone is 2. The van der Waals surface area contributed by atoms with Crippen LogP contribution in [0.4, 0.5) is 0 Å². The van der Waals surface area contributed by atoms with Crippen molar-refractivity contribution in [1.82, 2.24) is 19.5 Å². The Morgan fingerprint density at radius 2 is 2.38 bits per heavy atom. The molecule has 0 aliphatic heterocycles. The lowest BCUT2D eigenvalue weighted by Gasteiger charge is -2.18. The first-order valence-corrected chi connectivity index (χ1v) is 5.84. The van der Waals surface area contributed by atoms with Crippen molar-refractivity contribution in [3.8, 4) is 0 Å². The molecule has 82 valence electrons. The molecule has 0 aromatic carbocycles. The van der Waals surface area contributed by atoms with E-state index >= 15 is 0 Å². The predicted molar refractivity (Wildman–Crippen MR) is 64.7 cm³/mol. The zero-order valence-electron chi connectivity index (χ0n) is 8.76. The highest BCUT2D eigenvalue weighted by Crippen LogP contribution is 2.25. The molecule has 0 unspecified atom stereocenters. The largest absolute Gasteiger partial charge is 0.330 e. The van der Waals surface area contributed by atoms with Gasteiger partial charge in [-0.05, 0) is 19.3 Å². The molecule has 1 N–H and O–H groups in total. The van der Waals surface area contributed by atoms with Gasteiger partial charge in [-0.15, -0.1) is 0 Å². The van der Waals surface area contributed by atoms with Crippen molar-refractivity contribution in [3.05, 3.63) is 29.4 Å². The van der Waals surface area contributed by atoms with Crippen LogP contribution >= 0.6 is 12.2 Å². The first-order valence-electron chi connectivity index (χ1n) is 5.43. The maximum absolute atomic E-state index is 5.14. The second kappa shape index (κ2) is 3.83. The molecule has 0 fully saturated rings. The van der Waals surface area contributed by atoms with Crippen LogP contribution in [0, 0.1) is 4.64 Å². The Bertz CT molecular complexity index is 595. The molecule has 4 nitrogen and oxygen atoms in total. The number of hydrogen-bond donors (Lipinski definition) is 1. The molecule has 0 bridgehead atoms. The number of aromatic amines is 1. The summed E-state index contributed by atoms with van der Waals surface area (Å²) in [7, 11) is 0. The second-order valence-electron chi connectivity index (χ2n) is 3.98. The lowest BCUT2D eigenvalue weighted by molar-refractivity contribution is 0.525. The van der Waals surface area contributed by atoms with Crippen LogP contribution in [0.25, 0.3) is 11.2 Å². The van der Waals surface area contributed by atoms with Crippen molar-refractivity contribution in [2.24, 2.45) is 0 Å². The maximum atomic E-state index is 5.14. The van der Waals surface area contributed by atoms with E-state index in [4.69, 9.17) is 12.2 Å². The molecule has 3 rings (SSSR count). The Morgan fingerprint density at radius 1 is 1.44 bits per heavy atom. The Labute approximate surface area is 98.0 Å². The average Bonchev–Trinajstić information content (AvgIpc) is 2.75. The fourth-order valence-electron chi connectivity index (χ4n) is 2.15. The fourth-order valence-corrected chi connectivity index (χ4v) is 2.35. The lowest BCUT2D eigenvalue weighted by Crippen LogP contribution is -2.08. The topological polar surface area (TPSA) is 46.5 Å². The van der Waals surface area contributed by atoms with Gasteiger partial charge in [-0.1, -0.05) is 24.4 Å². The van der Waals surface area contributed by atoms with E-state index in [1.54, 1.807) is 6.33 Å². The third kappa shape index (κ3) is 1.48. The fraction of sp³-hybridized carbons (Fsp3) is 0.364. The highest BCUT2D eigenvalue weighted by molar-refractivity contribution is 7.71. The molecule has 1 aliphatic carbocycles. The summed E-state index contributed by atoms with van der Waals surface area (Å²) < 4.78 is 2.70. The molecule has 2 heterocycles. The number of imidazole rings is 1. The molecule has 16 heavy (non-hydrogen) atoms. The van der Waals surface area contributed by atoms with Crippen LogP contribution in [0.1, 0.15) is 25.3 Å². The third-order valence-electron chi connectivity index (χ3n) is 2.97. The molecule has 0 spiro atoms. The standard InChI is InChI=1S/C11H12N4S/c16-11-9-10(12-6-13-11)15(7-14-9)8-4-2-1-3-5-8/h2,4,6-8H,1,3,5H2,(H,12,13,16)/t8-/m1/s1. The van der Waals surface area contributed by atoms with Crippen LogP contribution in [0.3, 0.4) is 0 Å². The molecule has 0 radical (unpaired) electrons. The summed E-state index contributed by atoms with van der Waals surface area (Å²) in [5.74, 6) is 0. The molecule has 0 amide bonds. The Kier molecular flexibility index (Phi) is 2.32. The minimum atomic E-state index is 0.395. The molecule has 1 atom stereocenters. The zero-order chi connectivity index (χ0) is 11.0. The summed E-state index contributed by atoms with van der Waals surface area (Å²) in [6.45, 7) is 0. The molecular formula is C11H12N4S. The van der Waals surface area contributed by atoms with Crippen molar-refractivity contribution in [2.45, 2.75) is 25.3 Å². The molecule has 2 aromatic heterocycles. The van der Waals surface area contributed by atoms with E-state index in [1.807, 2.05) is 6.33 Å². The van der Waals surface area contributed by atoms with Crippen LogP contribution < -0.4 is 0 Å². The van der Waals surface area contributed by atoms with Crippen molar-refractivity contribution in [2.75, 3.05) is 0 Å². The summed E-state index contributed by atoms with van der Waals surface area (Å²) in [6, 6.07) is 0.395. The number of nitrogens with zero attached hydrogens (tertiary/aromatic N) is 3. The quantitative estimate of drug-likeness (QED) is 0.607. The van der Waals surface area contributed by atoms with Crippen molar-refractivity contribution in [1.29, 1.82) is 0 Å². The first kappa shape index (κ1) is 9.72. The monoisotopic (exact) mass is 232 g/mol. The average molecular weight is 232 g/mol. The van der Waals surface area contributed by atoms with Gasteiger partial charge in [0.15, 0.2) is 4.64 Å². The lowest BCUT2D eigenvalue weighted by atomic mass is 10.0. The summed E-state index contributed by atoms with van der Waals surface area (Å²) in [5, 5.41) is 0. The van der Waals surface area contributed by atoms with E-state index < -0.39 is 0 Å². The molecule has 5 heteroatoms. The molecule has 0 saturated carbocycles. The van der Waals surface area contributed by atoms with E-state index in [1.165, 1.54) is 12.8 Å². The number of nitrogens with one attached hydrogen (secondary N) is 1. The van der Waals surface area contributed by atoms with Gasteiger partial charge in [-0.2, -0.15) is 0 Å². The summed E-state index contributed by atoms with van der Waals surface area (Å²) in [4.78, 5) is 11.5. The van der Waals surface area contributed by atoms with Crippen LogP contribution in [0.15, 0.2) is 24.8 Å². The van der Waals surface area contributed by atoms with Gasteiger partial charge in [0.2, 0.25) is 0 Å². The SMILES string of the molecule is S=c1nc[nH]c2c1ncn2[C@@H]1C=CCCC1. The highest BCUT2D eigenvalue weighted by Gasteiger charge is 2.14. The van der Waals surface area contributed by atoms with Crippen LogP contribution in [0.2, 0.25) is 0 Å². The second-order valence-corrected chi connectivity index (χ2v) is 4.37. The van der Waals surface area contributed by atoms with E-state index in [0.717, 1.165) is 17.6 Å². The Morgan fingerprint density at radius 3 is 3.19 bits per heavy atom. The minimum Gasteiger partial charge on any atom is -0.330 e. The van der Waals surface area contributed by atoms with Gasteiger partial charge < -0.3 is 9.55 Å². The van der Waals surface area contributed by atoms with Crippen molar-refractivity contribution < 1.29 is 0 Å². The van der Waals surface area contributed by atoms with Gasteiger partial charge in [0.25, 0.3) is 0 Å². The predicted octanol–water partition coefficient (Wildman–Crippen LogP) is 2.77. The smallest absolute Gasteiger partial charge is 0.157 e. The van der Waals surface area contributed by atoms with Gasteiger partial charge in [-0.3, -0.25) is 0 Å². The number of aromatic nitrogens is 4. The van der Waals surface area contributed by atoms with Crippen molar-refractivity contribution in [3.63, 3.8) is 0 Å². The van der Waals surface area contributed by atoms with Gasteiger partial charge in [-0.25, -0.2) is 9.97 Å². The van der Waals surface area contributed by atoms with Crippen molar-refractivity contribution >= 4 is 23.4 Å². The van der Waals surface area contributed by atoms with Crippen LogP contribution in [0.5, 0.6) is 0 Å². The van der Waals surface area contributed by atoms with E-state index in [0.29, 0.717) is 10.7 Å². The number of rotatable bonds is 1.